The number of phenols is 4. The lowest BCUT2D eigenvalue weighted by Crippen LogP contribution is -1.70. The molecule has 0 unspecified atom stereocenters. The Hall–Kier alpha value is -1.58. The Morgan fingerprint density at radius 2 is 0.800 bits per heavy atom. The third kappa shape index (κ3) is 0.907. The standard InChI is InChI=1S/C6H6O4/c7-3-1-4(8)6(10)2-5(3)9/h1-2,7-10H. The lowest BCUT2D eigenvalue weighted by Gasteiger charge is -1.99. The maximum atomic E-state index is 8.70. The average Bonchev–Trinajstić information content (AvgIpc) is 1.84. The lowest BCUT2D eigenvalue weighted by atomic mass is 10.3. The Bertz CT molecular complexity index is 206. The maximum absolute atomic E-state index is 8.70. The van der Waals surface area contributed by atoms with Crippen LogP contribution < -0.4 is 0 Å². The molecule has 0 amide bonds. The third-order valence-electron chi connectivity index (χ3n) is 1.07. The van der Waals surface area contributed by atoms with Gasteiger partial charge in [-0.15, -0.1) is 0 Å². The molecule has 54 valence electrons. The highest BCUT2D eigenvalue weighted by atomic mass is 16.3. The third-order valence-corrected chi connectivity index (χ3v) is 1.07. The number of hydrogen-bond acceptors (Lipinski definition) is 4. The first-order chi connectivity index (χ1) is 4.61. The van der Waals surface area contributed by atoms with Crippen molar-refractivity contribution in [3.8, 4) is 23.0 Å². The molecule has 1 rings (SSSR count). The van der Waals surface area contributed by atoms with Gasteiger partial charge in [0.2, 0.25) is 0 Å². The van der Waals surface area contributed by atoms with Crippen molar-refractivity contribution in [2.45, 2.75) is 0 Å². The van der Waals surface area contributed by atoms with Crippen LogP contribution in [0.1, 0.15) is 0 Å². The average molecular weight is 142 g/mol. The molecule has 4 nitrogen and oxygen atoms in total. The predicted molar refractivity (Wildman–Crippen MR) is 33.1 cm³/mol. The van der Waals surface area contributed by atoms with Crippen LogP contribution in [0.5, 0.6) is 23.0 Å². The maximum Gasteiger partial charge on any atom is 0.161 e. The fraction of sp³-hybridized carbons (Fsp3) is 0. The molecule has 0 saturated carbocycles. The van der Waals surface area contributed by atoms with Crippen LogP contribution in [0.15, 0.2) is 12.1 Å². The molecule has 1 aromatic carbocycles. The Balaban J connectivity index is 3.28. The van der Waals surface area contributed by atoms with E-state index in [1.165, 1.54) is 0 Å². The number of hydrogen-bond donors (Lipinski definition) is 4. The van der Waals surface area contributed by atoms with E-state index >= 15 is 0 Å². The Labute approximate surface area is 56.6 Å². The number of rotatable bonds is 0. The molecule has 0 heterocycles. The minimum atomic E-state index is -0.463. The van der Waals surface area contributed by atoms with Gasteiger partial charge in [0.05, 0.1) is 0 Å². The molecular weight excluding hydrogens is 136 g/mol. The van der Waals surface area contributed by atoms with Crippen molar-refractivity contribution in [1.29, 1.82) is 0 Å². The zero-order valence-corrected chi connectivity index (χ0v) is 4.94. The molecule has 0 aliphatic carbocycles. The normalized spacial score (nSPS) is 9.60. The molecule has 0 aromatic heterocycles. The first-order valence-electron chi connectivity index (χ1n) is 2.55. The summed E-state index contributed by atoms with van der Waals surface area (Å²) < 4.78 is 0. The summed E-state index contributed by atoms with van der Waals surface area (Å²) in [7, 11) is 0. The molecule has 0 aliphatic heterocycles. The Morgan fingerprint density at radius 3 is 1.00 bits per heavy atom. The minimum Gasteiger partial charge on any atom is -0.504 e. The summed E-state index contributed by atoms with van der Waals surface area (Å²) in [5.41, 5.74) is 0. The van der Waals surface area contributed by atoms with Gasteiger partial charge in [0, 0.05) is 12.1 Å². The number of benzene rings is 1. The van der Waals surface area contributed by atoms with Gasteiger partial charge in [-0.25, -0.2) is 0 Å². The van der Waals surface area contributed by atoms with E-state index in [1.54, 1.807) is 0 Å². The van der Waals surface area contributed by atoms with E-state index in [4.69, 9.17) is 20.4 Å². The van der Waals surface area contributed by atoms with Gasteiger partial charge in [0.15, 0.2) is 23.0 Å². The largest absolute Gasteiger partial charge is 0.504 e. The van der Waals surface area contributed by atoms with Crippen LogP contribution in [-0.2, 0) is 0 Å². The summed E-state index contributed by atoms with van der Waals surface area (Å²) in [6.45, 7) is 0. The van der Waals surface area contributed by atoms with Crippen LogP contribution >= 0.6 is 0 Å². The predicted octanol–water partition coefficient (Wildman–Crippen LogP) is 0.509. The SMILES string of the molecule is Oc1cc(O)c(O)cc1O. The van der Waals surface area contributed by atoms with E-state index in [0.29, 0.717) is 0 Å². The van der Waals surface area contributed by atoms with Gasteiger partial charge in [-0.1, -0.05) is 0 Å². The zero-order valence-electron chi connectivity index (χ0n) is 4.94. The first-order valence-corrected chi connectivity index (χ1v) is 2.55. The van der Waals surface area contributed by atoms with Crippen molar-refractivity contribution in [3.63, 3.8) is 0 Å². The summed E-state index contributed by atoms with van der Waals surface area (Å²) in [5, 5.41) is 34.8. The molecule has 0 saturated heterocycles. The highest BCUT2D eigenvalue weighted by Gasteiger charge is 2.04. The van der Waals surface area contributed by atoms with Crippen LogP contribution in [-0.4, -0.2) is 20.4 Å². The van der Waals surface area contributed by atoms with Crippen molar-refractivity contribution >= 4 is 0 Å². The number of aromatic hydroxyl groups is 4. The van der Waals surface area contributed by atoms with Gasteiger partial charge in [-0.3, -0.25) is 0 Å². The van der Waals surface area contributed by atoms with Gasteiger partial charge in [-0.2, -0.15) is 0 Å². The van der Waals surface area contributed by atoms with Gasteiger partial charge >= 0.3 is 0 Å². The fourth-order valence-corrected chi connectivity index (χ4v) is 0.555. The van der Waals surface area contributed by atoms with E-state index in [-0.39, 0.29) is 0 Å². The van der Waals surface area contributed by atoms with Crippen molar-refractivity contribution in [1.82, 2.24) is 0 Å². The molecule has 0 fully saturated rings. The fourth-order valence-electron chi connectivity index (χ4n) is 0.555. The molecule has 4 heteroatoms. The zero-order chi connectivity index (χ0) is 7.72. The van der Waals surface area contributed by atoms with Gasteiger partial charge < -0.3 is 20.4 Å². The van der Waals surface area contributed by atoms with Crippen molar-refractivity contribution in [3.05, 3.63) is 12.1 Å². The van der Waals surface area contributed by atoms with Crippen LogP contribution in [0.2, 0.25) is 0 Å². The second-order valence-corrected chi connectivity index (χ2v) is 1.83. The second kappa shape index (κ2) is 1.98. The van der Waals surface area contributed by atoms with Gasteiger partial charge in [0.1, 0.15) is 0 Å². The highest BCUT2D eigenvalue weighted by molar-refractivity contribution is 5.51. The van der Waals surface area contributed by atoms with E-state index < -0.39 is 23.0 Å². The van der Waals surface area contributed by atoms with Crippen molar-refractivity contribution < 1.29 is 20.4 Å². The Kier molecular flexibility index (Phi) is 1.30. The summed E-state index contributed by atoms with van der Waals surface area (Å²) in [5.74, 6) is -1.85. The van der Waals surface area contributed by atoms with E-state index in [0.717, 1.165) is 12.1 Å². The molecule has 0 atom stereocenters. The van der Waals surface area contributed by atoms with Crippen LogP contribution in [0.3, 0.4) is 0 Å². The summed E-state index contributed by atoms with van der Waals surface area (Å²) in [4.78, 5) is 0. The smallest absolute Gasteiger partial charge is 0.161 e. The Morgan fingerprint density at radius 1 is 0.600 bits per heavy atom. The monoisotopic (exact) mass is 142 g/mol. The summed E-state index contributed by atoms with van der Waals surface area (Å²) >= 11 is 0. The highest BCUT2D eigenvalue weighted by Crippen LogP contribution is 2.35. The molecule has 1 aromatic rings. The summed E-state index contributed by atoms with van der Waals surface area (Å²) in [6.07, 6.45) is 0. The molecular formula is C6H6O4. The van der Waals surface area contributed by atoms with E-state index in [1.807, 2.05) is 0 Å². The molecule has 0 aliphatic rings. The molecule has 4 N–H and O–H groups in total. The second-order valence-electron chi connectivity index (χ2n) is 1.83. The van der Waals surface area contributed by atoms with Crippen LogP contribution in [0.4, 0.5) is 0 Å². The van der Waals surface area contributed by atoms with E-state index in [2.05, 4.69) is 0 Å². The molecule has 0 spiro atoms. The van der Waals surface area contributed by atoms with Crippen LogP contribution in [0, 0.1) is 0 Å². The minimum absolute atomic E-state index is 0.463. The van der Waals surface area contributed by atoms with E-state index in [9.17, 15) is 0 Å². The quantitative estimate of drug-likeness (QED) is 0.314. The lowest BCUT2D eigenvalue weighted by molar-refractivity contribution is 0.373. The molecule has 0 radical (unpaired) electrons. The van der Waals surface area contributed by atoms with Crippen LogP contribution in [0.25, 0.3) is 0 Å². The number of phenolic OH excluding ortho intramolecular Hbond substituents is 4. The summed E-state index contributed by atoms with van der Waals surface area (Å²) in [6, 6.07) is 1.70. The first kappa shape index (κ1) is 6.54. The van der Waals surface area contributed by atoms with Gasteiger partial charge in [-0.05, 0) is 0 Å². The molecule has 0 bridgehead atoms. The van der Waals surface area contributed by atoms with Gasteiger partial charge in [0.25, 0.3) is 0 Å². The topological polar surface area (TPSA) is 80.9 Å². The molecule has 10 heavy (non-hydrogen) atoms. The van der Waals surface area contributed by atoms with Crippen molar-refractivity contribution in [2.75, 3.05) is 0 Å². The van der Waals surface area contributed by atoms with Crippen molar-refractivity contribution in [2.24, 2.45) is 0 Å².